The van der Waals surface area contributed by atoms with E-state index in [2.05, 4.69) is 63.0 Å². The quantitative estimate of drug-likeness (QED) is 0.712. The van der Waals surface area contributed by atoms with Crippen LogP contribution in [0.25, 0.3) is 0 Å². The maximum atomic E-state index is 3.86. The van der Waals surface area contributed by atoms with E-state index in [-0.39, 0.29) is 5.41 Å². The van der Waals surface area contributed by atoms with Gasteiger partial charge >= 0.3 is 0 Å². The van der Waals surface area contributed by atoms with E-state index in [4.69, 9.17) is 0 Å². The van der Waals surface area contributed by atoms with Crippen molar-refractivity contribution in [2.75, 3.05) is 6.54 Å². The zero-order valence-corrected chi connectivity index (χ0v) is 10.7. The first kappa shape index (κ1) is 13.0. The predicted molar refractivity (Wildman–Crippen MR) is 71.5 cm³/mol. The summed E-state index contributed by atoms with van der Waals surface area (Å²) in [5.41, 5.74) is 1.57. The molecule has 0 fully saturated rings. The zero-order chi connectivity index (χ0) is 12.0. The second-order valence-electron chi connectivity index (χ2n) is 5.03. The average molecular weight is 217 g/mol. The first-order chi connectivity index (χ1) is 7.55. The highest BCUT2D eigenvalue weighted by atomic mass is 14.9. The standard InChI is InChI=1S/C15H23N/c1-5-15(3,4)11-12-16-13(2)14-9-7-6-8-10-14/h5-10,13,16H,1,11-12H2,2-4H3/t13-/m0/s1. The number of hydrogen-bond donors (Lipinski definition) is 1. The van der Waals surface area contributed by atoms with Crippen LogP contribution in [0.5, 0.6) is 0 Å². The number of allylic oxidation sites excluding steroid dienone is 1. The van der Waals surface area contributed by atoms with E-state index in [1.807, 2.05) is 6.08 Å². The van der Waals surface area contributed by atoms with Crippen molar-refractivity contribution in [2.45, 2.75) is 33.2 Å². The normalized spacial score (nSPS) is 13.4. The Labute approximate surface area is 99.6 Å². The minimum absolute atomic E-state index is 0.226. The van der Waals surface area contributed by atoms with Crippen molar-refractivity contribution in [3.05, 3.63) is 48.6 Å². The van der Waals surface area contributed by atoms with Gasteiger partial charge in [0, 0.05) is 6.04 Å². The molecule has 0 aliphatic carbocycles. The Morgan fingerprint density at radius 1 is 1.31 bits per heavy atom. The molecule has 0 heterocycles. The van der Waals surface area contributed by atoms with Gasteiger partial charge in [-0.3, -0.25) is 0 Å². The molecule has 1 aromatic carbocycles. The molecular weight excluding hydrogens is 194 g/mol. The Morgan fingerprint density at radius 3 is 2.50 bits per heavy atom. The molecule has 1 atom stereocenters. The molecule has 0 amide bonds. The largest absolute Gasteiger partial charge is 0.310 e. The lowest BCUT2D eigenvalue weighted by Gasteiger charge is -2.21. The molecule has 1 N–H and O–H groups in total. The van der Waals surface area contributed by atoms with Gasteiger partial charge in [-0.1, -0.05) is 50.3 Å². The van der Waals surface area contributed by atoms with Crippen molar-refractivity contribution in [3.63, 3.8) is 0 Å². The Bertz CT molecular complexity index is 313. The van der Waals surface area contributed by atoms with Crippen molar-refractivity contribution in [1.82, 2.24) is 5.32 Å². The zero-order valence-electron chi connectivity index (χ0n) is 10.7. The molecule has 88 valence electrons. The van der Waals surface area contributed by atoms with Crippen molar-refractivity contribution >= 4 is 0 Å². The van der Waals surface area contributed by atoms with Crippen molar-refractivity contribution < 1.29 is 0 Å². The summed E-state index contributed by atoms with van der Waals surface area (Å²) in [7, 11) is 0. The van der Waals surface area contributed by atoms with E-state index >= 15 is 0 Å². The average Bonchev–Trinajstić information content (AvgIpc) is 2.30. The van der Waals surface area contributed by atoms with E-state index in [1.54, 1.807) is 0 Å². The molecule has 0 bridgehead atoms. The molecule has 0 radical (unpaired) electrons. The van der Waals surface area contributed by atoms with Crippen LogP contribution in [0.1, 0.15) is 38.8 Å². The monoisotopic (exact) mass is 217 g/mol. The summed E-state index contributed by atoms with van der Waals surface area (Å²) in [6, 6.07) is 11.0. The minimum Gasteiger partial charge on any atom is -0.310 e. The van der Waals surface area contributed by atoms with E-state index in [0.717, 1.165) is 13.0 Å². The molecule has 0 spiro atoms. The van der Waals surface area contributed by atoms with Crippen LogP contribution in [0.2, 0.25) is 0 Å². The highest BCUT2D eigenvalue weighted by Crippen LogP contribution is 2.21. The highest BCUT2D eigenvalue weighted by Gasteiger charge is 2.12. The Balaban J connectivity index is 2.37. The van der Waals surface area contributed by atoms with Crippen LogP contribution in [0.4, 0.5) is 0 Å². The first-order valence-electron chi connectivity index (χ1n) is 5.97. The number of benzene rings is 1. The number of nitrogens with one attached hydrogen (secondary N) is 1. The van der Waals surface area contributed by atoms with Gasteiger partial charge in [0.25, 0.3) is 0 Å². The first-order valence-corrected chi connectivity index (χ1v) is 5.97. The van der Waals surface area contributed by atoms with Crippen molar-refractivity contribution in [3.8, 4) is 0 Å². The second-order valence-corrected chi connectivity index (χ2v) is 5.03. The lowest BCUT2D eigenvalue weighted by atomic mass is 9.89. The van der Waals surface area contributed by atoms with Gasteiger partial charge < -0.3 is 5.32 Å². The summed E-state index contributed by atoms with van der Waals surface area (Å²) in [5, 5.41) is 3.54. The molecule has 0 saturated carbocycles. The van der Waals surface area contributed by atoms with Gasteiger partial charge in [-0.2, -0.15) is 0 Å². The van der Waals surface area contributed by atoms with E-state index in [0.29, 0.717) is 6.04 Å². The second kappa shape index (κ2) is 5.86. The van der Waals surface area contributed by atoms with Crippen LogP contribution in [-0.2, 0) is 0 Å². The van der Waals surface area contributed by atoms with Gasteiger partial charge in [0.1, 0.15) is 0 Å². The number of hydrogen-bond acceptors (Lipinski definition) is 1. The van der Waals surface area contributed by atoms with Gasteiger partial charge in [-0.25, -0.2) is 0 Å². The molecule has 1 aromatic rings. The van der Waals surface area contributed by atoms with Crippen molar-refractivity contribution in [2.24, 2.45) is 5.41 Å². The maximum absolute atomic E-state index is 3.86. The molecule has 16 heavy (non-hydrogen) atoms. The van der Waals surface area contributed by atoms with Crippen LogP contribution in [0.3, 0.4) is 0 Å². The third-order valence-corrected chi connectivity index (χ3v) is 3.07. The summed E-state index contributed by atoms with van der Waals surface area (Å²) in [4.78, 5) is 0. The minimum atomic E-state index is 0.226. The fraction of sp³-hybridized carbons (Fsp3) is 0.467. The van der Waals surface area contributed by atoms with Gasteiger partial charge in [0.05, 0.1) is 0 Å². The summed E-state index contributed by atoms with van der Waals surface area (Å²) in [6.07, 6.45) is 3.15. The molecule has 1 rings (SSSR count). The molecule has 1 heteroatoms. The molecule has 1 nitrogen and oxygen atoms in total. The Morgan fingerprint density at radius 2 is 1.94 bits per heavy atom. The summed E-state index contributed by atoms with van der Waals surface area (Å²) in [6.45, 7) is 11.5. The lowest BCUT2D eigenvalue weighted by Crippen LogP contribution is -2.23. The van der Waals surface area contributed by atoms with E-state index in [1.165, 1.54) is 5.56 Å². The van der Waals surface area contributed by atoms with Crippen molar-refractivity contribution in [1.29, 1.82) is 0 Å². The summed E-state index contributed by atoms with van der Waals surface area (Å²) in [5.74, 6) is 0. The molecule has 0 unspecified atom stereocenters. The van der Waals surface area contributed by atoms with E-state index < -0.39 is 0 Å². The van der Waals surface area contributed by atoms with E-state index in [9.17, 15) is 0 Å². The fourth-order valence-corrected chi connectivity index (χ4v) is 1.57. The summed E-state index contributed by atoms with van der Waals surface area (Å²) >= 11 is 0. The SMILES string of the molecule is C=CC(C)(C)CCN[C@@H](C)c1ccccc1. The van der Waals surface area contributed by atoms with Crippen LogP contribution in [0, 0.1) is 5.41 Å². The van der Waals surface area contributed by atoms with Crippen LogP contribution >= 0.6 is 0 Å². The van der Waals surface area contributed by atoms with Gasteiger partial charge in [0.15, 0.2) is 0 Å². The third-order valence-electron chi connectivity index (χ3n) is 3.07. The molecule has 0 saturated heterocycles. The molecule has 0 aromatic heterocycles. The van der Waals surface area contributed by atoms with Crippen LogP contribution in [0.15, 0.2) is 43.0 Å². The Hall–Kier alpha value is -1.08. The van der Waals surface area contributed by atoms with Crippen LogP contribution < -0.4 is 5.32 Å². The maximum Gasteiger partial charge on any atom is 0.0291 e. The number of rotatable bonds is 6. The lowest BCUT2D eigenvalue weighted by molar-refractivity contribution is 0.407. The molecule has 0 aliphatic heterocycles. The summed E-state index contributed by atoms with van der Waals surface area (Å²) < 4.78 is 0. The van der Waals surface area contributed by atoms with Crippen LogP contribution in [-0.4, -0.2) is 6.54 Å². The van der Waals surface area contributed by atoms with Gasteiger partial charge in [-0.05, 0) is 30.9 Å². The van der Waals surface area contributed by atoms with Gasteiger partial charge in [-0.15, -0.1) is 6.58 Å². The Kier molecular flexibility index (Phi) is 4.75. The molecule has 0 aliphatic rings. The molecular formula is C15H23N. The predicted octanol–water partition coefficient (Wildman–Crippen LogP) is 3.94. The van der Waals surface area contributed by atoms with Gasteiger partial charge in [0.2, 0.25) is 0 Å². The third kappa shape index (κ3) is 4.19. The fourth-order valence-electron chi connectivity index (χ4n) is 1.57. The topological polar surface area (TPSA) is 12.0 Å². The highest BCUT2D eigenvalue weighted by molar-refractivity contribution is 5.17. The smallest absolute Gasteiger partial charge is 0.0291 e.